The van der Waals surface area contributed by atoms with Crippen LogP contribution in [0.25, 0.3) is 0 Å². The van der Waals surface area contributed by atoms with Crippen molar-refractivity contribution in [2.75, 3.05) is 22.6 Å². The van der Waals surface area contributed by atoms with E-state index in [-0.39, 0.29) is 17.6 Å². The lowest BCUT2D eigenvalue weighted by molar-refractivity contribution is -0.151. The zero-order valence-corrected chi connectivity index (χ0v) is 13.5. The largest absolute Gasteiger partial charge is 0.459 e. The number of thioether (sulfide) groups is 1. The molecule has 3 N–H and O–H groups in total. The van der Waals surface area contributed by atoms with Crippen LogP contribution in [-0.2, 0) is 14.3 Å². The molecule has 0 saturated carbocycles. The van der Waals surface area contributed by atoms with Gasteiger partial charge >= 0.3 is 5.97 Å². The van der Waals surface area contributed by atoms with E-state index in [0.717, 1.165) is 0 Å². The van der Waals surface area contributed by atoms with Crippen LogP contribution in [0.5, 0.6) is 0 Å². The number of nitrogen functional groups attached to an aromatic ring is 1. The first-order valence-electron chi connectivity index (χ1n) is 6.71. The van der Waals surface area contributed by atoms with Gasteiger partial charge in [-0.15, -0.1) is 11.8 Å². The lowest BCUT2D eigenvalue weighted by Crippen LogP contribution is -2.25. The van der Waals surface area contributed by atoms with Crippen LogP contribution in [0.1, 0.15) is 27.2 Å². The molecule has 5 nitrogen and oxygen atoms in total. The number of rotatable bonds is 6. The minimum Gasteiger partial charge on any atom is -0.459 e. The van der Waals surface area contributed by atoms with Crippen LogP contribution < -0.4 is 11.1 Å². The van der Waals surface area contributed by atoms with Gasteiger partial charge in [0.1, 0.15) is 5.60 Å². The number of carbonyl (C=O) groups is 2. The molecule has 0 saturated heterocycles. The highest BCUT2D eigenvalue weighted by molar-refractivity contribution is 7.99. The Labute approximate surface area is 129 Å². The van der Waals surface area contributed by atoms with Gasteiger partial charge in [0.2, 0.25) is 5.91 Å². The summed E-state index contributed by atoms with van der Waals surface area (Å²) < 4.78 is 5.18. The summed E-state index contributed by atoms with van der Waals surface area (Å²) in [6, 6.07) is 6.96. The second-order valence-corrected chi connectivity index (χ2v) is 6.66. The molecule has 0 heterocycles. The Balaban J connectivity index is 2.19. The number of nitrogens with two attached hydrogens (primary N) is 1. The number of esters is 1. The summed E-state index contributed by atoms with van der Waals surface area (Å²) in [5.41, 5.74) is 6.47. The zero-order chi connectivity index (χ0) is 15.9. The summed E-state index contributed by atoms with van der Waals surface area (Å²) in [6.07, 6.45) is 0.345. The molecule has 0 radical (unpaired) electrons. The van der Waals surface area contributed by atoms with Gasteiger partial charge in [-0.25, -0.2) is 0 Å². The summed E-state index contributed by atoms with van der Waals surface area (Å²) in [6.45, 7) is 5.49. The fourth-order valence-electron chi connectivity index (χ4n) is 1.48. The minimum atomic E-state index is -0.468. The van der Waals surface area contributed by atoms with Crippen LogP contribution in [0, 0.1) is 0 Å². The van der Waals surface area contributed by atoms with Crippen molar-refractivity contribution in [1.82, 2.24) is 0 Å². The summed E-state index contributed by atoms with van der Waals surface area (Å²) in [7, 11) is 0. The standard InChI is InChI=1S/C15H22N2O3S/c1-15(2,3)20-14(19)10-21-9-8-13(18)17-12-6-4-11(16)5-7-12/h4-7H,8-10,16H2,1-3H3,(H,17,18). The molecule has 0 aliphatic rings. The smallest absolute Gasteiger partial charge is 0.316 e. The molecule has 116 valence electrons. The highest BCUT2D eigenvalue weighted by Gasteiger charge is 2.16. The maximum atomic E-state index is 11.7. The molecular formula is C15H22N2O3S. The first kappa shape index (κ1) is 17.4. The van der Waals surface area contributed by atoms with Gasteiger partial charge < -0.3 is 15.8 Å². The second-order valence-electron chi connectivity index (χ2n) is 5.56. The first-order chi connectivity index (χ1) is 9.76. The topological polar surface area (TPSA) is 81.4 Å². The molecule has 1 aromatic rings. The van der Waals surface area contributed by atoms with Gasteiger partial charge in [0.25, 0.3) is 0 Å². The van der Waals surface area contributed by atoms with Crippen molar-refractivity contribution in [2.45, 2.75) is 32.8 Å². The van der Waals surface area contributed by atoms with E-state index >= 15 is 0 Å². The fourth-order valence-corrected chi connectivity index (χ4v) is 2.18. The highest BCUT2D eigenvalue weighted by Crippen LogP contribution is 2.13. The van der Waals surface area contributed by atoms with Gasteiger partial charge in [0, 0.05) is 23.5 Å². The second kappa shape index (κ2) is 7.93. The van der Waals surface area contributed by atoms with Gasteiger partial charge in [-0.05, 0) is 45.0 Å². The summed E-state index contributed by atoms with van der Waals surface area (Å²) in [5.74, 6) is 0.481. The molecule has 0 atom stereocenters. The Hall–Kier alpha value is -1.69. The van der Waals surface area contributed by atoms with Crippen molar-refractivity contribution in [3.8, 4) is 0 Å². The fraction of sp³-hybridized carbons (Fsp3) is 0.467. The van der Waals surface area contributed by atoms with Crippen LogP contribution >= 0.6 is 11.8 Å². The van der Waals surface area contributed by atoms with Crippen molar-refractivity contribution in [1.29, 1.82) is 0 Å². The first-order valence-corrected chi connectivity index (χ1v) is 7.87. The number of benzene rings is 1. The monoisotopic (exact) mass is 310 g/mol. The molecule has 1 amide bonds. The van der Waals surface area contributed by atoms with E-state index in [1.165, 1.54) is 11.8 Å². The normalized spacial score (nSPS) is 11.0. The molecular weight excluding hydrogens is 288 g/mol. The number of ether oxygens (including phenoxy) is 1. The van der Waals surface area contributed by atoms with E-state index in [0.29, 0.717) is 23.5 Å². The van der Waals surface area contributed by atoms with Crippen LogP contribution in [0.3, 0.4) is 0 Å². The number of hydrogen-bond acceptors (Lipinski definition) is 5. The number of hydrogen-bond donors (Lipinski definition) is 2. The third-order valence-corrected chi connectivity index (χ3v) is 3.24. The zero-order valence-electron chi connectivity index (χ0n) is 12.6. The lowest BCUT2D eigenvalue weighted by atomic mass is 10.2. The van der Waals surface area contributed by atoms with Crippen molar-refractivity contribution >= 4 is 35.0 Å². The Morgan fingerprint density at radius 1 is 1.24 bits per heavy atom. The third-order valence-electron chi connectivity index (χ3n) is 2.31. The van der Waals surface area contributed by atoms with Gasteiger partial charge in [0.05, 0.1) is 5.75 Å². The van der Waals surface area contributed by atoms with Crippen LogP contribution in [0.2, 0.25) is 0 Å². The Morgan fingerprint density at radius 3 is 2.43 bits per heavy atom. The van der Waals surface area contributed by atoms with E-state index in [9.17, 15) is 9.59 Å². The molecule has 0 aromatic heterocycles. The van der Waals surface area contributed by atoms with Crippen LogP contribution in [-0.4, -0.2) is 29.0 Å². The van der Waals surface area contributed by atoms with E-state index in [1.54, 1.807) is 24.3 Å². The minimum absolute atomic E-state index is 0.0866. The average molecular weight is 310 g/mol. The Morgan fingerprint density at radius 2 is 1.86 bits per heavy atom. The molecule has 0 spiro atoms. The highest BCUT2D eigenvalue weighted by atomic mass is 32.2. The van der Waals surface area contributed by atoms with Crippen molar-refractivity contribution in [3.05, 3.63) is 24.3 Å². The predicted molar refractivity (Wildman–Crippen MR) is 87.3 cm³/mol. The molecule has 0 unspecified atom stereocenters. The maximum Gasteiger partial charge on any atom is 0.316 e. The van der Waals surface area contributed by atoms with Gasteiger partial charge in [-0.3, -0.25) is 9.59 Å². The molecule has 0 fully saturated rings. The molecule has 1 aromatic carbocycles. The van der Waals surface area contributed by atoms with E-state index in [1.807, 2.05) is 20.8 Å². The number of nitrogens with one attached hydrogen (secondary N) is 1. The van der Waals surface area contributed by atoms with Gasteiger partial charge in [-0.2, -0.15) is 0 Å². The summed E-state index contributed by atoms with van der Waals surface area (Å²) in [4.78, 5) is 23.2. The van der Waals surface area contributed by atoms with E-state index < -0.39 is 5.60 Å². The van der Waals surface area contributed by atoms with Crippen LogP contribution in [0.15, 0.2) is 24.3 Å². The number of amides is 1. The average Bonchev–Trinajstić information content (AvgIpc) is 2.35. The van der Waals surface area contributed by atoms with Crippen molar-refractivity contribution < 1.29 is 14.3 Å². The predicted octanol–water partition coefficient (Wildman–Crippen LogP) is 2.67. The molecule has 1 rings (SSSR count). The molecule has 6 heteroatoms. The molecule has 21 heavy (non-hydrogen) atoms. The van der Waals surface area contributed by atoms with Crippen LogP contribution in [0.4, 0.5) is 11.4 Å². The molecule has 0 bridgehead atoms. The quantitative estimate of drug-likeness (QED) is 0.479. The lowest BCUT2D eigenvalue weighted by Gasteiger charge is -2.19. The summed E-state index contributed by atoms with van der Waals surface area (Å²) >= 11 is 1.39. The Kier molecular flexibility index (Phi) is 6.55. The third kappa shape index (κ3) is 8.24. The molecule has 0 aliphatic carbocycles. The molecule has 0 aliphatic heterocycles. The van der Waals surface area contributed by atoms with Gasteiger partial charge in [-0.1, -0.05) is 0 Å². The Bertz CT molecular complexity index is 481. The van der Waals surface area contributed by atoms with E-state index in [2.05, 4.69) is 5.32 Å². The maximum absolute atomic E-state index is 11.7. The van der Waals surface area contributed by atoms with Crippen molar-refractivity contribution in [2.24, 2.45) is 0 Å². The SMILES string of the molecule is CC(C)(C)OC(=O)CSCCC(=O)Nc1ccc(N)cc1. The van der Waals surface area contributed by atoms with Crippen molar-refractivity contribution in [3.63, 3.8) is 0 Å². The van der Waals surface area contributed by atoms with E-state index in [4.69, 9.17) is 10.5 Å². The summed E-state index contributed by atoms with van der Waals surface area (Å²) in [5, 5.41) is 2.77. The number of carbonyl (C=O) groups excluding carboxylic acids is 2. The van der Waals surface area contributed by atoms with Gasteiger partial charge in [0.15, 0.2) is 0 Å². The number of anilines is 2.